The normalized spacial score (nSPS) is 12.9. The molecule has 0 aromatic carbocycles. The Kier molecular flexibility index (Phi) is 6.20. The lowest BCUT2D eigenvalue weighted by molar-refractivity contribution is -0.141. The predicted octanol–water partition coefficient (Wildman–Crippen LogP) is -0.741. The third-order valence-corrected chi connectivity index (χ3v) is 2.37. The number of carboxylic acids is 1. The van der Waals surface area contributed by atoms with Gasteiger partial charge in [0.1, 0.15) is 6.04 Å². The fourth-order valence-corrected chi connectivity index (χ4v) is 1.12. The summed E-state index contributed by atoms with van der Waals surface area (Å²) >= 11 is 0. The van der Waals surface area contributed by atoms with Crippen molar-refractivity contribution < 1.29 is 19.5 Å². The summed E-state index contributed by atoms with van der Waals surface area (Å²) < 4.78 is 0. The molecule has 0 aliphatic heterocycles. The summed E-state index contributed by atoms with van der Waals surface area (Å²) in [6.07, 6.45) is -0.362. The molecule has 0 aliphatic rings. The second kappa shape index (κ2) is 7.11. The van der Waals surface area contributed by atoms with Gasteiger partial charge in [0, 0.05) is 13.1 Å². The lowest BCUT2D eigenvalue weighted by Crippen LogP contribution is -2.50. The number of carboxylic acid groups (broad SMARTS) is 1. The second-order valence-electron chi connectivity index (χ2n) is 3.83. The Labute approximate surface area is 104 Å². The quantitative estimate of drug-likeness (QED) is 0.574. The number of nitrogens with two attached hydrogens (primary N) is 1. The van der Waals surface area contributed by atoms with Crippen LogP contribution in [-0.4, -0.2) is 47.0 Å². The van der Waals surface area contributed by atoms with Gasteiger partial charge in [-0.3, -0.25) is 4.79 Å². The Bertz CT molecular complexity index is 377. The number of nitrogens with one attached hydrogen (secondary N) is 1. The standard InChI is InChI=1S/C10H16N4O4/c1-6(3-4-11)14(2)10(18)13-7(9(16)17)5-8(12)15/h6-7H,3,5H2,1-2H3,(H2,12,15)(H,13,18)(H,16,17)/t6?,7-/m0/s1. The fourth-order valence-electron chi connectivity index (χ4n) is 1.12. The van der Waals surface area contributed by atoms with Crippen LogP contribution >= 0.6 is 0 Å². The van der Waals surface area contributed by atoms with Crippen molar-refractivity contribution in [1.82, 2.24) is 10.2 Å². The van der Waals surface area contributed by atoms with Crippen molar-refractivity contribution in [2.24, 2.45) is 5.73 Å². The lowest BCUT2D eigenvalue weighted by Gasteiger charge is -2.25. The number of aliphatic carboxylic acids is 1. The van der Waals surface area contributed by atoms with Crippen LogP contribution < -0.4 is 11.1 Å². The minimum absolute atomic E-state index is 0.122. The van der Waals surface area contributed by atoms with Crippen LogP contribution in [0.5, 0.6) is 0 Å². The summed E-state index contributed by atoms with van der Waals surface area (Å²) in [7, 11) is 1.43. The largest absolute Gasteiger partial charge is 0.480 e. The van der Waals surface area contributed by atoms with Crippen molar-refractivity contribution in [3.05, 3.63) is 0 Å². The van der Waals surface area contributed by atoms with Crippen molar-refractivity contribution in [2.45, 2.75) is 31.8 Å². The van der Waals surface area contributed by atoms with Gasteiger partial charge in [-0.2, -0.15) is 5.26 Å². The first-order valence-electron chi connectivity index (χ1n) is 5.21. The summed E-state index contributed by atoms with van der Waals surface area (Å²) in [5, 5.41) is 19.5. The molecular weight excluding hydrogens is 240 g/mol. The summed E-state index contributed by atoms with van der Waals surface area (Å²) in [5.74, 6) is -2.17. The number of hydrogen-bond donors (Lipinski definition) is 3. The molecule has 0 rings (SSSR count). The van der Waals surface area contributed by atoms with Crippen LogP contribution in [0.3, 0.4) is 0 Å². The van der Waals surface area contributed by atoms with E-state index in [0.717, 1.165) is 0 Å². The first-order chi connectivity index (χ1) is 8.29. The van der Waals surface area contributed by atoms with Gasteiger partial charge >= 0.3 is 12.0 Å². The summed E-state index contributed by atoms with van der Waals surface area (Å²) in [6, 6.07) is -0.507. The van der Waals surface area contributed by atoms with Gasteiger partial charge in [-0.15, -0.1) is 0 Å². The van der Waals surface area contributed by atoms with E-state index < -0.39 is 30.4 Å². The van der Waals surface area contributed by atoms with Gasteiger partial charge in [-0.25, -0.2) is 9.59 Å². The molecule has 100 valence electrons. The number of nitrogens with zero attached hydrogens (tertiary/aromatic N) is 2. The zero-order valence-electron chi connectivity index (χ0n) is 10.2. The summed E-state index contributed by atoms with van der Waals surface area (Å²) in [5.41, 5.74) is 4.88. The topological polar surface area (TPSA) is 137 Å². The highest BCUT2D eigenvalue weighted by Gasteiger charge is 2.25. The van der Waals surface area contributed by atoms with E-state index in [9.17, 15) is 14.4 Å². The Hall–Kier alpha value is -2.30. The van der Waals surface area contributed by atoms with Crippen LogP contribution in [0.1, 0.15) is 19.8 Å². The smallest absolute Gasteiger partial charge is 0.326 e. The van der Waals surface area contributed by atoms with E-state index >= 15 is 0 Å². The van der Waals surface area contributed by atoms with Gasteiger partial charge in [0.2, 0.25) is 5.91 Å². The highest BCUT2D eigenvalue weighted by atomic mass is 16.4. The van der Waals surface area contributed by atoms with Gasteiger partial charge in [-0.1, -0.05) is 0 Å². The first kappa shape index (κ1) is 15.7. The zero-order chi connectivity index (χ0) is 14.3. The molecular formula is C10H16N4O4. The van der Waals surface area contributed by atoms with E-state index in [-0.39, 0.29) is 12.5 Å². The average molecular weight is 256 g/mol. The van der Waals surface area contributed by atoms with E-state index in [4.69, 9.17) is 16.1 Å². The fraction of sp³-hybridized carbons (Fsp3) is 0.600. The average Bonchev–Trinajstić information content (AvgIpc) is 2.26. The van der Waals surface area contributed by atoms with E-state index in [0.29, 0.717) is 0 Å². The number of rotatable bonds is 6. The molecule has 3 amide bonds. The number of urea groups is 1. The molecule has 0 bridgehead atoms. The minimum atomic E-state index is -1.37. The highest BCUT2D eigenvalue weighted by Crippen LogP contribution is 2.02. The Balaban J connectivity index is 4.55. The molecule has 0 radical (unpaired) electrons. The first-order valence-corrected chi connectivity index (χ1v) is 5.21. The van der Waals surface area contributed by atoms with Crippen LogP contribution in [0.15, 0.2) is 0 Å². The number of carbonyl (C=O) groups is 3. The lowest BCUT2D eigenvalue weighted by atomic mass is 10.2. The minimum Gasteiger partial charge on any atom is -0.480 e. The SMILES string of the molecule is CC(CC#N)N(C)C(=O)N[C@@H](CC(N)=O)C(=O)O. The molecule has 0 fully saturated rings. The van der Waals surface area contributed by atoms with Crippen molar-refractivity contribution in [1.29, 1.82) is 5.26 Å². The maximum atomic E-state index is 11.6. The van der Waals surface area contributed by atoms with Crippen LogP contribution in [0, 0.1) is 11.3 Å². The maximum absolute atomic E-state index is 11.6. The van der Waals surface area contributed by atoms with Gasteiger partial charge < -0.3 is 21.1 Å². The van der Waals surface area contributed by atoms with Gasteiger partial charge in [0.15, 0.2) is 0 Å². The molecule has 0 spiro atoms. The molecule has 8 heteroatoms. The maximum Gasteiger partial charge on any atom is 0.326 e. The summed E-state index contributed by atoms with van der Waals surface area (Å²) in [4.78, 5) is 34.3. The molecule has 8 nitrogen and oxygen atoms in total. The monoisotopic (exact) mass is 256 g/mol. The zero-order valence-corrected chi connectivity index (χ0v) is 10.2. The third kappa shape index (κ3) is 5.16. The third-order valence-electron chi connectivity index (χ3n) is 2.37. The molecule has 0 aromatic heterocycles. The van der Waals surface area contributed by atoms with Crippen molar-refractivity contribution in [3.63, 3.8) is 0 Å². The molecule has 2 atom stereocenters. The van der Waals surface area contributed by atoms with Crippen LogP contribution in [0.25, 0.3) is 0 Å². The Morgan fingerprint density at radius 3 is 2.44 bits per heavy atom. The Morgan fingerprint density at radius 2 is 2.06 bits per heavy atom. The molecule has 1 unspecified atom stereocenters. The molecule has 18 heavy (non-hydrogen) atoms. The number of amides is 3. The van der Waals surface area contributed by atoms with Crippen molar-refractivity contribution in [3.8, 4) is 6.07 Å². The highest BCUT2D eigenvalue weighted by molar-refractivity contribution is 5.87. The van der Waals surface area contributed by atoms with Gasteiger partial charge in [0.25, 0.3) is 0 Å². The van der Waals surface area contributed by atoms with Gasteiger partial charge in [0.05, 0.1) is 18.9 Å². The molecule has 0 aliphatic carbocycles. The van der Waals surface area contributed by atoms with E-state index in [2.05, 4.69) is 5.32 Å². The van der Waals surface area contributed by atoms with Crippen molar-refractivity contribution in [2.75, 3.05) is 7.05 Å². The Morgan fingerprint density at radius 1 is 1.50 bits per heavy atom. The van der Waals surface area contributed by atoms with Crippen LogP contribution in [0.2, 0.25) is 0 Å². The van der Waals surface area contributed by atoms with Gasteiger partial charge in [-0.05, 0) is 6.92 Å². The number of hydrogen-bond acceptors (Lipinski definition) is 4. The summed E-state index contributed by atoms with van der Waals surface area (Å²) in [6.45, 7) is 1.65. The van der Waals surface area contributed by atoms with E-state index in [1.165, 1.54) is 11.9 Å². The van der Waals surface area contributed by atoms with E-state index in [1.54, 1.807) is 6.92 Å². The molecule has 0 aromatic rings. The molecule has 0 saturated carbocycles. The predicted molar refractivity (Wildman–Crippen MR) is 61.2 cm³/mol. The number of carbonyl (C=O) groups excluding carboxylic acids is 2. The molecule has 4 N–H and O–H groups in total. The number of nitriles is 1. The second-order valence-corrected chi connectivity index (χ2v) is 3.83. The number of primary amides is 1. The van der Waals surface area contributed by atoms with E-state index in [1.807, 2.05) is 6.07 Å². The van der Waals surface area contributed by atoms with Crippen LogP contribution in [0.4, 0.5) is 4.79 Å². The molecule has 0 saturated heterocycles. The van der Waals surface area contributed by atoms with Crippen molar-refractivity contribution >= 4 is 17.9 Å². The molecule has 0 heterocycles. The van der Waals surface area contributed by atoms with Crippen LogP contribution in [-0.2, 0) is 9.59 Å².